The first-order valence-corrected chi connectivity index (χ1v) is 5.64. The zero-order valence-electron chi connectivity index (χ0n) is 8.51. The van der Waals surface area contributed by atoms with E-state index < -0.39 is 0 Å². The number of aryl methyl sites for hydroxylation is 1. The van der Waals surface area contributed by atoms with Crippen LogP contribution in [0.3, 0.4) is 0 Å². The van der Waals surface area contributed by atoms with Crippen molar-refractivity contribution in [3.63, 3.8) is 0 Å². The van der Waals surface area contributed by atoms with Gasteiger partial charge >= 0.3 is 5.84 Å². The standard InChI is InChI=1S/C11H8N2O2S/c1-7-10(8-2-5-16-9(8)6-14)13-3-4-15-11(13)12-7/h2-6H,1H3. The maximum atomic E-state index is 10.9. The fourth-order valence-electron chi connectivity index (χ4n) is 1.83. The summed E-state index contributed by atoms with van der Waals surface area (Å²) in [6, 6.07) is 1.93. The number of imidazole rings is 1. The minimum absolute atomic E-state index is 0.551. The van der Waals surface area contributed by atoms with Gasteiger partial charge in [0, 0.05) is 11.8 Å². The molecule has 0 spiro atoms. The summed E-state index contributed by atoms with van der Waals surface area (Å²) in [4.78, 5) is 15.9. The molecule has 0 N–H and O–H groups in total. The summed E-state index contributed by atoms with van der Waals surface area (Å²) >= 11 is 1.43. The fourth-order valence-corrected chi connectivity index (χ4v) is 2.52. The summed E-state index contributed by atoms with van der Waals surface area (Å²) in [5, 5.41) is 1.90. The molecule has 0 fully saturated rings. The Morgan fingerprint density at radius 3 is 3.25 bits per heavy atom. The van der Waals surface area contributed by atoms with Gasteiger partial charge in [0.1, 0.15) is 6.26 Å². The molecular weight excluding hydrogens is 224 g/mol. The van der Waals surface area contributed by atoms with Crippen molar-refractivity contribution < 1.29 is 9.21 Å². The molecule has 0 aliphatic rings. The number of fused-ring (bicyclic) bond motifs is 1. The van der Waals surface area contributed by atoms with E-state index in [9.17, 15) is 4.79 Å². The Bertz CT molecular complexity index is 662. The lowest BCUT2D eigenvalue weighted by Gasteiger charge is -1.98. The summed E-state index contributed by atoms with van der Waals surface area (Å²) in [7, 11) is 0. The molecule has 0 bridgehead atoms. The second kappa shape index (κ2) is 3.31. The van der Waals surface area contributed by atoms with Crippen molar-refractivity contribution in [2.24, 2.45) is 0 Å². The molecule has 3 aromatic rings. The third-order valence-electron chi connectivity index (χ3n) is 2.49. The fraction of sp³-hybridized carbons (Fsp3) is 0.0909. The Hall–Kier alpha value is -1.88. The van der Waals surface area contributed by atoms with Gasteiger partial charge in [0.15, 0.2) is 6.29 Å². The van der Waals surface area contributed by atoms with Gasteiger partial charge in [0.2, 0.25) is 0 Å². The monoisotopic (exact) mass is 232 g/mol. The molecule has 16 heavy (non-hydrogen) atoms. The summed E-state index contributed by atoms with van der Waals surface area (Å²) in [6.07, 6.45) is 4.26. The van der Waals surface area contributed by atoms with E-state index in [0.29, 0.717) is 10.7 Å². The maximum Gasteiger partial charge on any atom is 0.306 e. The van der Waals surface area contributed by atoms with Crippen molar-refractivity contribution in [2.45, 2.75) is 6.92 Å². The number of oxazole rings is 1. The van der Waals surface area contributed by atoms with Gasteiger partial charge in [-0.3, -0.25) is 9.20 Å². The van der Waals surface area contributed by atoms with E-state index in [-0.39, 0.29) is 0 Å². The van der Waals surface area contributed by atoms with Crippen LogP contribution in [-0.2, 0) is 0 Å². The molecule has 0 aliphatic carbocycles. The minimum atomic E-state index is 0.551. The van der Waals surface area contributed by atoms with Gasteiger partial charge in [0.05, 0.1) is 16.3 Å². The molecule has 0 unspecified atom stereocenters. The highest BCUT2D eigenvalue weighted by Gasteiger charge is 2.16. The van der Waals surface area contributed by atoms with Crippen LogP contribution in [-0.4, -0.2) is 15.7 Å². The SMILES string of the molecule is Cc1nc2occn2c1-c1ccsc1C=O. The van der Waals surface area contributed by atoms with Crippen LogP contribution in [0.4, 0.5) is 0 Å². The summed E-state index contributed by atoms with van der Waals surface area (Å²) < 4.78 is 7.07. The van der Waals surface area contributed by atoms with Crippen molar-refractivity contribution in [2.75, 3.05) is 0 Å². The van der Waals surface area contributed by atoms with Gasteiger partial charge in [0.25, 0.3) is 0 Å². The van der Waals surface area contributed by atoms with Crippen LogP contribution >= 0.6 is 11.3 Å². The lowest BCUT2D eigenvalue weighted by atomic mass is 10.1. The molecule has 0 saturated heterocycles. The normalized spacial score (nSPS) is 11.1. The number of hydrogen-bond acceptors (Lipinski definition) is 4. The van der Waals surface area contributed by atoms with Gasteiger partial charge in [-0.25, -0.2) is 0 Å². The number of carbonyl (C=O) groups is 1. The highest BCUT2D eigenvalue weighted by Crippen LogP contribution is 2.30. The van der Waals surface area contributed by atoms with Gasteiger partial charge in [-0.15, -0.1) is 11.3 Å². The molecule has 4 nitrogen and oxygen atoms in total. The minimum Gasteiger partial charge on any atom is -0.432 e. The zero-order valence-corrected chi connectivity index (χ0v) is 9.32. The number of hydrogen-bond donors (Lipinski definition) is 0. The highest BCUT2D eigenvalue weighted by atomic mass is 32.1. The Morgan fingerprint density at radius 2 is 2.44 bits per heavy atom. The van der Waals surface area contributed by atoms with E-state index in [1.165, 1.54) is 11.3 Å². The zero-order chi connectivity index (χ0) is 11.1. The number of rotatable bonds is 2. The van der Waals surface area contributed by atoms with Crippen molar-refractivity contribution in [1.29, 1.82) is 0 Å². The van der Waals surface area contributed by atoms with Gasteiger partial charge in [-0.1, -0.05) is 0 Å². The van der Waals surface area contributed by atoms with E-state index in [4.69, 9.17) is 4.42 Å². The molecule has 3 rings (SSSR count). The van der Waals surface area contributed by atoms with Crippen molar-refractivity contribution in [3.8, 4) is 11.3 Å². The Balaban J connectivity index is 2.36. The second-order valence-electron chi connectivity index (χ2n) is 3.42. The average Bonchev–Trinajstić information content (AvgIpc) is 2.91. The largest absolute Gasteiger partial charge is 0.432 e. The summed E-state index contributed by atoms with van der Waals surface area (Å²) in [6.45, 7) is 1.91. The van der Waals surface area contributed by atoms with E-state index in [1.807, 2.05) is 22.8 Å². The van der Waals surface area contributed by atoms with E-state index in [1.54, 1.807) is 12.5 Å². The molecule has 0 aliphatic heterocycles. The van der Waals surface area contributed by atoms with Crippen LogP contribution in [0, 0.1) is 6.92 Å². The second-order valence-corrected chi connectivity index (χ2v) is 4.37. The van der Waals surface area contributed by atoms with Crippen LogP contribution < -0.4 is 0 Å². The molecule has 0 amide bonds. The third kappa shape index (κ3) is 1.15. The lowest BCUT2D eigenvalue weighted by Crippen LogP contribution is -1.87. The Kier molecular flexibility index (Phi) is 1.94. The molecule has 0 radical (unpaired) electrons. The van der Waals surface area contributed by atoms with Crippen LogP contribution in [0.1, 0.15) is 15.4 Å². The molecule has 5 heteroatoms. The number of aromatic nitrogens is 2. The van der Waals surface area contributed by atoms with Gasteiger partial charge < -0.3 is 4.42 Å². The molecular formula is C11H8N2O2S. The lowest BCUT2D eigenvalue weighted by molar-refractivity contribution is 0.112. The van der Waals surface area contributed by atoms with E-state index in [0.717, 1.165) is 23.2 Å². The van der Waals surface area contributed by atoms with E-state index in [2.05, 4.69) is 4.98 Å². The number of aldehydes is 1. The maximum absolute atomic E-state index is 10.9. The molecule has 0 atom stereocenters. The molecule has 0 saturated carbocycles. The first-order valence-electron chi connectivity index (χ1n) is 4.76. The first kappa shape index (κ1) is 9.35. The van der Waals surface area contributed by atoms with Crippen LogP contribution in [0.15, 0.2) is 28.3 Å². The summed E-state index contributed by atoms with van der Waals surface area (Å²) in [5.74, 6) is 0.551. The number of nitrogens with zero attached hydrogens (tertiary/aromatic N) is 2. The molecule has 80 valence electrons. The molecule has 3 heterocycles. The van der Waals surface area contributed by atoms with Crippen LogP contribution in [0.25, 0.3) is 17.1 Å². The van der Waals surface area contributed by atoms with Gasteiger partial charge in [-0.05, 0) is 18.4 Å². The topological polar surface area (TPSA) is 47.5 Å². The smallest absolute Gasteiger partial charge is 0.306 e. The van der Waals surface area contributed by atoms with Gasteiger partial charge in [-0.2, -0.15) is 4.98 Å². The predicted molar refractivity (Wildman–Crippen MR) is 60.9 cm³/mol. The third-order valence-corrected chi connectivity index (χ3v) is 3.34. The predicted octanol–water partition coefficient (Wildman–Crippen LogP) is 2.78. The van der Waals surface area contributed by atoms with Crippen molar-refractivity contribution >= 4 is 23.5 Å². The highest BCUT2D eigenvalue weighted by molar-refractivity contribution is 7.12. The Morgan fingerprint density at radius 1 is 1.56 bits per heavy atom. The summed E-state index contributed by atoms with van der Waals surface area (Å²) in [5.41, 5.74) is 2.69. The average molecular weight is 232 g/mol. The van der Waals surface area contributed by atoms with Crippen LogP contribution in [0.2, 0.25) is 0 Å². The molecule has 3 aromatic heterocycles. The van der Waals surface area contributed by atoms with Crippen molar-refractivity contribution in [3.05, 3.63) is 34.5 Å². The van der Waals surface area contributed by atoms with Crippen LogP contribution in [0.5, 0.6) is 0 Å². The van der Waals surface area contributed by atoms with E-state index >= 15 is 0 Å². The number of thiophene rings is 1. The van der Waals surface area contributed by atoms with Crippen molar-refractivity contribution in [1.82, 2.24) is 9.38 Å². The quantitative estimate of drug-likeness (QED) is 0.638. The first-order chi connectivity index (χ1) is 7.81. The molecule has 0 aromatic carbocycles. The number of carbonyl (C=O) groups excluding carboxylic acids is 1. The Labute approximate surface area is 95.2 Å².